The monoisotopic (exact) mass is 433 g/mol. The summed E-state index contributed by atoms with van der Waals surface area (Å²) >= 11 is 0. The van der Waals surface area contributed by atoms with Crippen molar-refractivity contribution in [3.8, 4) is 0 Å². The summed E-state index contributed by atoms with van der Waals surface area (Å²) in [5.74, 6) is 0.403. The molecule has 1 fully saturated rings. The summed E-state index contributed by atoms with van der Waals surface area (Å²) < 4.78 is 6.76. The van der Waals surface area contributed by atoms with Gasteiger partial charge in [0.2, 0.25) is 5.91 Å². The SMILES string of the molecule is O=C(NCc1ccn[nH]1)c1cn2c(n1)CCN(C(=O)CN1CCOC1=O)CC2.O=CO. The molecule has 0 spiro atoms. The molecule has 0 radical (unpaired) electrons. The van der Waals surface area contributed by atoms with Gasteiger partial charge in [-0.1, -0.05) is 0 Å². The molecule has 0 unspecified atom stereocenters. The number of imidazole rings is 1. The van der Waals surface area contributed by atoms with Gasteiger partial charge in [-0.15, -0.1) is 0 Å². The van der Waals surface area contributed by atoms with Gasteiger partial charge in [0.05, 0.1) is 18.8 Å². The van der Waals surface area contributed by atoms with E-state index in [2.05, 4.69) is 20.5 Å². The Morgan fingerprint density at radius 2 is 2.10 bits per heavy atom. The summed E-state index contributed by atoms with van der Waals surface area (Å²) in [6.45, 7) is 2.44. The number of ether oxygens (including phenoxy) is 1. The van der Waals surface area contributed by atoms with Crippen LogP contribution < -0.4 is 5.32 Å². The number of aromatic amines is 1. The van der Waals surface area contributed by atoms with Crippen molar-refractivity contribution in [1.82, 2.24) is 34.9 Å². The third kappa shape index (κ3) is 5.58. The molecule has 13 heteroatoms. The predicted octanol–water partition coefficient (Wildman–Crippen LogP) is -0.926. The lowest BCUT2D eigenvalue weighted by Crippen LogP contribution is -2.42. The number of carbonyl (C=O) groups is 4. The molecule has 4 rings (SSSR count). The van der Waals surface area contributed by atoms with Crippen LogP contribution >= 0.6 is 0 Å². The van der Waals surface area contributed by atoms with Crippen LogP contribution in [0.1, 0.15) is 22.0 Å². The highest BCUT2D eigenvalue weighted by Crippen LogP contribution is 2.12. The van der Waals surface area contributed by atoms with Crippen molar-refractivity contribution in [1.29, 1.82) is 0 Å². The minimum Gasteiger partial charge on any atom is -0.483 e. The smallest absolute Gasteiger partial charge is 0.410 e. The maximum absolute atomic E-state index is 12.5. The Kier molecular flexibility index (Phi) is 7.19. The molecule has 0 bridgehead atoms. The van der Waals surface area contributed by atoms with E-state index in [1.165, 1.54) is 4.90 Å². The number of hydrogen-bond acceptors (Lipinski definition) is 7. The second kappa shape index (κ2) is 10.2. The number of carbonyl (C=O) groups excluding carboxylic acids is 3. The van der Waals surface area contributed by atoms with E-state index in [0.29, 0.717) is 51.4 Å². The molecule has 2 aromatic heterocycles. The van der Waals surface area contributed by atoms with Gasteiger partial charge >= 0.3 is 6.09 Å². The van der Waals surface area contributed by atoms with E-state index in [9.17, 15) is 14.4 Å². The maximum atomic E-state index is 12.5. The van der Waals surface area contributed by atoms with Gasteiger partial charge in [0.15, 0.2) is 0 Å². The lowest BCUT2D eigenvalue weighted by atomic mass is 10.3. The zero-order valence-corrected chi connectivity index (χ0v) is 16.7. The van der Waals surface area contributed by atoms with Gasteiger partial charge in [0.25, 0.3) is 12.4 Å². The molecule has 2 aliphatic rings. The van der Waals surface area contributed by atoms with Crippen molar-refractivity contribution in [2.45, 2.75) is 19.5 Å². The van der Waals surface area contributed by atoms with Gasteiger partial charge in [-0.05, 0) is 6.07 Å². The summed E-state index contributed by atoms with van der Waals surface area (Å²) in [6.07, 6.45) is 3.44. The van der Waals surface area contributed by atoms with E-state index in [1.807, 2.05) is 4.57 Å². The van der Waals surface area contributed by atoms with Crippen LogP contribution in [0.2, 0.25) is 0 Å². The predicted molar refractivity (Wildman–Crippen MR) is 104 cm³/mol. The summed E-state index contributed by atoms with van der Waals surface area (Å²) in [5, 5.41) is 16.3. The largest absolute Gasteiger partial charge is 0.483 e. The van der Waals surface area contributed by atoms with E-state index >= 15 is 0 Å². The third-order valence-electron chi connectivity index (χ3n) is 4.83. The Hall–Kier alpha value is -3.90. The second-order valence-electron chi connectivity index (χ2n) is 6.77. The van der Waals surface area contributed by atoms with Crippen molar-refractivity contribution in [3.63, 3.8) is 0 Å². The zero-order valence-electron chi connectivity index (χ0n) is 16.7. The van der Waals surface area contributed by atoms with E-state index in [1.54, 1.807) is 23.4 Å². The number of carboxylic acid groups (broad SMARTS) is 1. The van der Waals surface area contributed by atoms with Gasteiger partial charge in [-0.2, -0.15) is 5.10 Å². The molecule has 0 atom stereocenters. The Morgan fingerprint density at radius 3 is 2.77 bits per heavy atom. The average molecular weight is 433 g/mol. The van der Waals surface area contributed by atoms with Gasteiger partial charge in [-0.25, -0.2) is 9.78 Å². The molecule has 166 valence electrons. The molecule has 3 amide bonds. The minimum absolute atomic E-state index is 0.0302. The fourth-order valence-corrected chi connectivity index (χ4v) is 3.26. The van der Waals surface area contributed by atoms with Crippen LogP contribution in [0.4, 0.5) is 4.79 Å². The Bertz CT molecular complexity index is 900. The number of fused-ring (bicyclic) bond motifs is 1. The fourth-order valence-electron chi connectivity index (χ4n) is 3.26. The standard InChI is InChI=1S/C17H21N7O4.CH2O2/c25-15(11-24-7-8-28-17(24)27)22-4-2-14-20-13(10-23(14)6-5-22)16(26)18-9-12-1-3-19-21-12;2-1-3/h1,3,10H,2,4-9,11H2,(H,18,26)(H,19,21);1H,(H,2,3). The molecule has 3 N–H and O–H groups in total. The molecular formula is C18H23N7O6. The molecule has 0 aliphatic carbocycles. The number of aromatic nitrogens is 4. The number of amides is 3. The molecule has 1 saturated heterocycles. The number of nitrogens with one attached hydrogen (secondary N) is 2. The zero-order chi connectivity index (χ0) is 22.2. The molecule has 0 saturated carbocycles. The Morgan fingerprint density at radius 1 is 1.29 bits per heavy atom. The van der Waals surface area contributed by atoms with E-state index < -0.39 is 6.09 Å². The highest BCUT2D eigenvalue weighted by atomic mass is 16.6. The van der Waals surface area contributed by atoms with Gasteiger partial charge in [0, 0.05) is 38.4 Å². The number of nitrogens with zero attached hydrogens (tertiary/aromatic N) is 5. The molecule has 2 aromatic rings. The lowest BCUT2D eigenvalue weighted by Gasteiger charge is -2.22. The fraction of sp³-hybridized carbons (Fsp3) is 0.444. The molecular weight excluding hydrogens is 410 g/mol. The van der Waals surface area contributed by atoms with Crippen LogP contribution in [0, 0.1) is 0 Å². The molecule has 0 aromatic carbocycles. The quantitative estimate of drug-likeness (QED) is 0.510. The maximum Gasteiger partial charge on any atom is 0.410 e. The van der Waals surface area contributed by atoms with Crippen molar-refractivity contribution < 1.29 is 29.0 Å². The van der Waals surface area contributed by atoms with E-state index in [0.717, 1.165) is 11.5 Å². The number of cyclic esters (lactones) is 1. The van der Waals surface area contributed by atoms with Crippen LogP contribution in [-0.4, -0.2) is 91.8 Å². The van der Waals surface area contributed by atoms with Crippen molar-refractivity contribution in [2.24, 2.45) is 0 Å². The number of hydrogen-bond donors (Lipinski definition) is 3. The summed E-state index contributed by atoms with van der Waals surface area (Å²) in [7, 11) is 0. The van der Waals surface area contributed by atoms with Crippen LogP contribution in [0.25, 0.3) is 0 Å². The molecule has 4 heterocycles. The Balaban J connectivity index is 0.000000858. The van der Waals surface area contributed by atoms with Crippen LogP contribution in [0.5, 0.6) is 0 Å². The highest BCUT2D eigenvalue weighted by Gasteiger charge is 2.27. The van der Waals surface area contributed by atoms with Crippen LogP contribution in [0.15, 0.2) is 18.5 Å². The first-order valence-electron chi connectivity index (χ1n) is 9.61. The van der Waals surface area contributed by atoms with Gasteiger partial charge in [0.1, 0.15) is 24.7 Å². The first-order chi connectivity index (χ1) is 15.0. The van der Waals surface area contributed by atoms with E-state index in [4.69, 9.17) is 14.6 Å². The van der Waals surface area contributed by atoms with Crippen molar-refractivity contribution in [2.75, 3.05) is 32.8 Å². The number of H-pyrrole nitrogens is 1. The third-order valence-corrected chi connectivity index (χ3v) is 4.83. The summed E-state index contributed by atoms with van der Waals surface area (Å²) in [6, 6.07) is 1.79. The minimum atomic E-state index is -0.443. The van der Waals surface area contributed by atoms with Crippen molar-refractivity contribution in [3.05, 3.63) is 35.7 Å². The summed E-state index contributed by atoms with van der Waals surface area (Å²) in [5.41, 5.74) is 1.17. The first-order valence-corrected chi connectivity index (χ1v) is 9.61. The highest BCUT2D eigenvalue weighted by molar-refractivity contribution is 5.92. The van der Waals surface area contributed by atoms with Crippen molar-refractivity contribution >= 4 is 24.4 Å². The summed E-state index contributed by atoms with van der Waals surface area (Å²) in [4.78, 5) is 52.2. The van der Waals surface area contributed by atoms with Gasteiger partial charge < -0.3 is 24.6 Å². The Labute approximate surface area is 177 Å². The molecule has 31 heavy (non-hydrogen) atoms. The van der Waals surface area contributed by atoms with Gasteiger partial charge in [-0.3, -0.25) is 24.4 Å². The molecule has 2 aliphatic heterocycles. The first kappa shape index (κ1) is 21.8. The van der Waals surface area contributed by atoms with Crippen LogP contribution in [0.3, 0.4) is 0 Å². The second-order valence-corrected chi connectivity index (χ2v) is 6.77. The van der Waals surface area contributed by atoms with Crippen LogP contribution in [-0.2, 0) is 33.8 Å². The molecule has 13 nitrogen and oxygen atoms in total. The average Bonchev–Trinajstić information content (AvgIpc) is 3.47. The topological polar surface area (TPSA) is 163 Å². The normalized spacial score (nSPS) is 15.3. The van der Waals surface area contributed by atoms with E-state index in [-0.39, 0.29) is 24.8 Å². The lowest BCUT2D eigenvalue weighted by molar-refractivity contribution is -0.131. The number of rotatable bonds is 5.